The van der Waals surface area contributed by atoms with Crippen LogP contribution in [0.25, 0.3) is 0 Å². The molecule has 0 radical (unpaired) electrons. The normalized spacial score (nSPS) is 21.3. The summed E-state index contributed by atoms with van der Waals surface area (Å²) in [4.78, 5) is 25.1. The van der Waals surface area contributed by atoms with Gasteiger partial charge in [-0.05, 0) is 38.3 Å². The summed E-state index contributed by atoms with van der Waals surface area (Å²) in [6, 6.07) is 0. The van der Waals surface area contributed by atoms with Crippen molar-refractivity contribution in [2.24, 2.45) is 5.41 Å². The van der Waals surface area contributed by atoms with Crippen LogP contribution in [0.3, 0.4) is 0 Å². The van der Waals surface area contributed by atoms with Gasteiger partial charge in [0, 0.05) is 51.1 Å². The average Bonchev–Trinajstić information content (AvgIpc) is 2.86. The number of aryl methyl sites for hydroxylation is 1. The molecule has 23 heavy (non-hydrogen) atoms. The van der Waals surface area contributed by atoms with Gasteiger partial charge in [0.15, 0.2) is 0 Å². The van der Waals surface area contributed by atoms with E-state index in [1.807, 2.05) is 24.2 Å². The molecule has 0 unspecified atom stereocenters. The summed E-state index contributed by atoms with van der Waals surface area (Å²) in [5, 5.41) is 0. The number of piperidine rings is 1. The van der Waals surface area contributed by atoms with Gasteiger partial charge >= 0.3 is 0 Å². The molecule has 2 aliphatic rings. The van der Waals surface area contributed by atoms with Crippen LogP contribution in [0.1, 0.15) is 30.7 Å². The van der Waals surface area contributed by atoms with Crippen LogP contribution in [-0.2, 0) is 16.1 Å². The van der Waals surface area contributed by atoms with Crippen molar-refractivity contribution in [1.82, 2.24) is 19.8 Å². The second-order valence-electron chi connectivity index (χ2n) is 6.90. The number of nitrogens with zero attached hydrogens (tertiary/aromatic N) is 4. The van der Waals surface area contributed by atoms with E-state index < -0.39 is 0 Å². The van der Waals surface area contributed by atoms with Crippen LogP contribution in [0.5, 0.6) is 0 Å². The molecular formula is C17H26N4O2. The SMILES string of the molecule is COCCN1CC2(CCN(Cc3cnc(C)nc3)CC2)CC1=O. The van der Waals surface area contributed by atoms with E-state index in [1.54, 1.807) is 7.11 Å². The predicted octanol–water partition coefficient (Wildman–Crippen LogP) is 1.25. The molecular weight excluding hydrogens is 292 g/mol. The quantitative estimate of drug-likeness (QED) is 0.818. The molecule has 6 nitrogen and oxygen atoms in total. The molecule has 0 aromatic carbocycles. The lowest BCUT2D eigenvalue weighted by Crippen LogP contribution is -2.41. The van der Waals surface area contributed by atoms with Gasteiger partial charge in [0.05, 0.1) is 6.61 Å². The number of aromatic nitrogens is 2. The van der Waals surface area contributed by atoms with E-state index in [2.05, 4.69) is 14.9 Å². The van der Waals surface area contributed by atoms with Crippen molar-refractivity contribution in [3.05, 3.63) is 23.8 Å². The molecule has 2 fully saturated rings. The van der Waals surface area contributed by atoms with Gasteiger partial charge in [-0.25, -0.2) is 9.97 Å². The monoisotopic (exact) mass is 318 g/mol. The van der Waals surface area contributed by atoms with Crippen molar-refractivity contribution in [2.45, 2.75) is 32.7 Å². The third-order valence-corrected chi connectivity index (χ3v) is 5.13. The number of hydrogen-bond donors (Lipinski definition) is 0. The molecule has 6 heteroatoms. The molecule has 2 saturated heterocycles. The van der Waals surface area contributed by atoms with Crippen LogP contribution in [0.2, 0.25) is 0 Å². The highest BCUT2D eigenvalue weighted by atomic mass is 16.5. The van der Waals surface area contributed by atoms with E-state index in [0.29, 0.717) is 18.9 Å². The van der Waals surface area contributed by atoms with E-state index in [9.17, 15) is 4.79 Å². The molecule has 126 valence electrons. The van der Waals surface area contributed by atoms with E-state index >= 15 is 0 Å². The number of rotatable bonds is 5. The highest BCUT2D eigenvalue weighted by Gasteiger charge is 2.44. The Balaban J connectivity index is 1.52. The number of carbonyl (C=O) groups excluding carboxylic acids is 1. The fraction of sp³-hybridized carbons (Fsp3) is 0.706. The zero-order chi connectivity index (χ0) is 16.3. The molecule has 0 atom stereocenters. The number of methoxy groups -OCH3 is 1. The fourth-order valence-electron chi connectivity index (χ4n) is 3.67. The zero-order valence-electron chi connectivity index (χ0n) is 14.1. The van der Waals surface area contributed by atoms with E-state index in [4.69, 9.17) is 4.74 Å². The average molecular weight is 318 g/mol. The van der Waals surface area contributed by atoms with Crippen LogP contribution in [-0.4, -0.2) is 65.6 Å². The highest BCUT2D eigenvalue weighted by molar-refractivity contribution is 5.79. The minimum atomic E-state index is 0.186. The first kappa shape index (κ1) is 16.3. The minimum absolute atomic E-state index is 0.186. The van der Waals surface area contributed by atoms with Gasteiger partial charge in [0.1, 0.15) is 5.82 Å². The first-order valence-electron chi connectivity index (χ1n) is 8.37. The maximum Gasteiger partial charge on any atom is 0.223 e. The van der Waals surface area contributed by atoms with Gasteiger partial charge in [-0.2, -0.15) is 0 Å². The predicted molar refractivity (Wildman–Crippen MR) is 86.8 cm³/mol. The lowest BCUT2D eigenvalue weighted by Gasteiger charge is -2.38. The largest absolute Gasteiger partial charge is 0.383 e. The number of likely N-dealkylation sites (tertiary alicyclic amines) is 2. The Morgan fingerprint density at radius 1 is 1.26 bits per heavy atom. The van der Waals surface area contributed by atoms with Gasteiger partial charge in [0.2, 0.25) is 5.91 Å². The molecule has 0 saturated carbocycles. The Hall–Kier alpha value is -1.53. The first-order chi connectivity index (χ1) is 11.1. The summed E-state index contributed by atoms with van der Waals surface area (Å²) in [5.74, 6) is 1.11. The number of carbonyl (C=O) groups is 1. The summed E-state index contributed by atoms with van der Waals surface area (Å²) in [7, 11) is 1.68. The second kappa shape index (κ2) is 6.93. The Morgan fingerprint density at radius 2 is 1.96 bits per heavy atom. The van der Waals surface area contributed by atoms with Gasteiger partial charge in [-0.15, -0.1) is 0 Å². The van der Waals surface area contributed by atoms with Crippen molar-refractivity contribution < 1.29 is 9.53 Å². The summed E-state index contributed by atoms with van der Waals surface area (Å²) in [5.41, 5.74) is 1.35. The summed E-state index contributed by atoms with van der Waals surface area (Å²) < 4.78 is 5.11. The second-order valence-corrected chi connectivity index (χ2v) is 6.90. The van der Waals surface area contributed by atoms with Crippen LogP contribution in [0.15, 0.2) is 12.4 Å². The maximum atomic E-state index is 12.2. The molecule has 0 N–H and O–H groups in total. The van der Waals surface area contributed by atoms with Crippen molar-refractivity contribution in [3.63, 3.8) is 0 Å². The number of amides is 1. The van der Waals surface area contributed by atoms with Gasteiger partial charge in [-0.1, -0.05) is 0 Å². The minimum Gasteiger partial charge on any atom is -0.383 e. The third kappa shape index (κ3) is 3.87. The van der Waals surface area contributed by atoms with E-state index in [-0.39, 0.29) is 5.41 Å². The standard InChI is InChI=1S/C17H26N4O2/c1-14-18-10-15(11-19-14)12-20-5-3-17(4-6-20)9-16(22)21(13-17)7-8-23-2/h10-11H,3-9,12-13H2,1-2H3. The summed E-state index contributed by atoms with van der Waals surface area (Å²) in [6.45, 7) is 7.14. The van der Waals surface area contributed by atoms with Crippen molar-refractivity contribution in [2.75, 3.05) is 39.9 Å². The van der Waals surface area contributed by atoms with Crippen molar-refractivity contribution in [1.29, 1.82) is 0 Å². The first-order valence-corrected chi connectivity index (χ1v) is 8.37. The van der Waals surface area contributed by atoms with Gasteiger partial charge in [0.25, 0.3) is 0 Å². The van der Waals surface area contributed by atoms with E-state index in [1.165, 1.54) is 0 Å². The number of hydrogen-bond acceptors (Lipinski definition) is 5. The van der Waals surface area contributed by atoms with Gasteiger partial charge < -0.3 is 9.64 Å². The topological polar surface area (TPSA) is 58.6 Å². The van der Waals surface area contributed by atoms with Crippen LogP contribution < -0.4 is 0 Å². The molecule has 3 rings (SSSR count). The summed E-state index contributed by atoms with van der Waals surface area (Å²) >= 11 is 0. The molecule has 1 amide bonds. The van der Waals surface area contributed by atoms with E-state index in [0.717, 1.165) is 57.0 Å². The molecule has 1 spiro atoms. The lowest BCUT2D eigenvalue weighted by molar-refractivity contribution is -0.128. The van der Waals surface area contributed by atoms with Crippen molar-refractivity contribution in [3.8, 4) is 0 Å². The van der Waals surface area contributed by atoms with Crippen LogP contribution in [0.4, 0.5) is 0 Å². The summed E-state index contributed by atoms with van der Waals surface area (Å²) in [6.07, 6.45) is 6.72. The highest BCUT2D eigenvalue weighted by Crippen LogP contribution is 2.41. The fourth-order valence-corrected chi connectivity index (χ4v) is 3.67. The molecule has 2 aliphatic heterocycles. The molecule has 0 aliphatic carbocycles. The molecule has 1 aromatic heterocycles. The zero-order valence-corrected chi connectivity index (χ0v) is 14.1. The van der Waals surface area contributed by atoms with Crippen molar-refractivity contribution >= 4 is 5.91 Å². The third-order valence-electron chi connectivity index (χ3n) is 5.13. The Bertz CT molecular complexity index is 538. The maximum absolute atomic E-state index is 12.2. The Labute approximate surface area is 137 Å². The Morgan fingerprint density at radius 3 is 2.61 bits per heavy atom. The van der Waals surface area contributed by atoms with Crippen LogP contribution in [0, 0.1) is 12.3 Å². The molecule has 3 heterocycles. The van der Waals surface area contributed by atoms with Gasteiger partial charge in [-0.3, -0.25) is 9.69 Å². The van der Waals surface area contributed by atoms with Crippen LogP contribution >= 0.6 is 0 Å². The number of ether oxygens (including phenoxy) is 1. The molecule has 0 bridgehead atoms. The lowest BCUT2D eigenvalue weighted by atomic mass is 9.77. The molecule has 1 aromatic rings. The Kier molecular flexibility index (Phi) is 4.92. The smallest absolute Gasteiger partial charge is 0.223 e.